The fraction of sp³-hybridized carbons (Fsp3) is 0.800. The summed E-state index contributed by atoms with van der Waals surface area (Å²) < 4.78 is 24.4. The van der Waals surface area contributed by atoms with Crippen molar-refractivity contribution in [3.05, 3.63) is 0 Å². The van der Waals surface area contributed by atoms with E-state index in [0.717, 1.165) is 0 Å². The van der Waals surface area contributed by atoms with Gasteiger partial charge in [0.2, 0.25) is 5.91 Å². The predicted octanol–water partition coefficient (Wildman–Crippen LogP) is 0.380. The first-order chi connectivity index (χ1) is 7.52. The van der Waals surface area contributed by atoms with E-state index in [0.29, 0.717) is 38.9 Å². The van der Waals surface area contributed by atoms with E-state index in [1.54, 1.807) is 0 Å². The van der Waals surface area contributed by atoms with Gasteiger partial charge >= 0.3 is 6.43 Å². The van der Waals surface area contributed by atoms with E-state index in [-0.39, 0.29) is 11.3 Å². The van der Waals surface area contributed by atoms with E-state index in [4.69, 9.17) is 0 Å². The van der Waals surface area contributed by atoms with Crippen LogP contribution in [-0.4, -0.2) is 42.8 Å². The summed E-state index contributed by atoms with van der Waals surface area (Å²) in [5.41, 5.74) is -0.101. The van der Waals surface area contributed by atoms with Crippen LogP contribution < -0.4 is 5.32 Å². The Bertz CT molecular complexity index is 312. The van der Waals surface area contributed by atoms with Crippen LogP contribution in [0.1, 0.15) is 19.3 Å². The van der Waals surface area contributed by atoms with Crippen molar-refractivity contribution in [1.82, 2.24) is 10.2 Å². The SMILES string of the molecule is O=C1CC2(CCN(C(=O)C(F)F)CC2)CN1. The lowest BCUT2D eigenvalue weighted by Gasteiger charge is -2.37. The van der Waals surface area contributed by atoms with Gasteiger partial charge in [0.15, 0.2) is 0 Å². The van der Waals surface area contributed by atoms with Crippen LogP contribution in [0.4, 0.5) is 8.78 Å². The molecule has 4 nitrogen and oxygen atoms in total. The van der Waals surface area contributed by atoms with Gasteiger partial charge in [0, 0.05) is 26.1 Å². The van der Waals surface area contributed by atoms with Gasteiger partial charge < -0.3 is 10.2 Å². The minimum absolute atomic E-state index is 0.0219. The number of alkyl halides is 2. The van der Waals surface area contributed by atoms with Crippen LogP contribution in [0.3, 0.4) is 0 Å². The van der Waals surface area contributed by atoms with E-state index in [9.17, 15) is 18.4 Å². The number of hydrogen-bond acceptors (Lipinski definition) is 2. The molecule has 2 saturated heterocycles. The number of rotatable bonds is 1. The van der Waals surface area contributed by atoms with Crippen molar-refractivity contribution in [1.29, 1.82) is 0 Å². The molecule has 2 fully saturated rings. The predicted molar refractivity (Wildman–Crippen MR) is 51.9 cm³/mol. The first-order valence-corrected chi connectivity index (χ1v) is 5.36. The number of hydrogen-bond donors (Lipinski definition) is 1. The molecule has 0 saturated carbocycles. The molecular formula is C10H14F2N2O2. The van der Waals surface area contributed by atoms with E-state index in [2.05, 4.69) is 5.32 Å². The van der Waals surface area contributed by atoms with E-state index < -0.39 is 12.3 Å². The maximum Gasteiger partial charge on any atom is 0.315 e. The molecule has 16 heavy (non-hydrogen) atoms. The summed E-state index contributed by atoms with van der Waals surface area (Å²) in [5.74, 6) is -1.07. The van der Waals surface area contributed by atoms with Crippen molar-refractivity contribution < 1.29 is 18.4 Å². The molecule has 6 heteroatoms. The zero-order valence-corrected chi connectivity index (χ0v) is 8.84. The van der Waals surface area contributed by atoms with E-state index in [1.807, 2.05) is 0 Å². The van der Waals surface area contributed by atoms with Gasteiger partial charge in [-0.1, -0.05) is 0 Å². The Morgan fingerprint density at radius 1 is 1.38 bits per heavy atom. The lowest BCUT2D eigenvalue weighted by molar-refractivity contribution is -0.145. The molecule has 1 spiro atoms. The highest BCUT2D eigenvalue weighted by molar-refractivity contribution is 5.80. The van der Waals surface area contributed by atoms with Crippen LogP contribution in [0.5, 0.6) is 0 Å². The molecule has 0 unspecified atom stereocenters. The Morgan fingerprint density at radius 3 is 2.44 bits per heavy atom. The molecule has 0 bridgehead atoms. The Morgan fingerprint density at radius 2 is 2.00 bits per heavy atom. The zero-order valence-electron chi connectivity index (χ0n) is 8.84. The smallest absolute Gasteiger partial charge is 0.315 e. The summed E-state index contributed by atoms with van der Waals surface area (Å²) in [6.07, 6.45) is -1.20. The Kier molecular flexibility index (Phi) is 2.82. The Balaban J connectivity index is 1.92. The van der Waals surface area contributed by atoms with Crippen molar-refractivity contribution in [3.63, 3.8) is 0 Å². The van der Waals surface area contributed by atoms with Crippen LogP contribution in [0.2, 0.25) is 0 Å². The largest absolute Gasteiger partial charge is 0.356 e. The molecule has 0 aromatic rings. The van der Waals surface area contributed by atoms with Gasteiger partial charge in [-0.25, -0.2) is 0 Å². The molecule has 2 heterocycles. The second-order valence-electron chi connectivity index (χ2n) is 4.58. The first-order valence-electron chi connectivity index (χ1n) is 5.36. The van der Waals surface area contributed by atoms with Crippen LogP contribution in [0, 0.1) is 5.41 Å². The van der Waals surface area contributed by atoms with Crippen molar-refractivity contribution in [2.75, 3.05) is 19.6 Å². The lowest BCUT2D eigenvalue weighted by Crippen LogP contribution is -2.46. The van der Waals surface area contributed by atoms with Gasteiger partial charge in [0.05, 0.1) is 0 Å². The molecule has 2 amide bonds. The van der Waals surface area contributed by atoms with Gasteiger partial charge in [-0.3, -0.25) is 9.59 Å². The Hall–Kier alpha value is -1.20. The average Bonchev–Trinajstić information content (AvgIpc) is 2.60. The number of nitrogens with zero attached hydrogens (tertiary/aromatic N) is 1. The van der Waals surface area contributed by atoms with Crippen molar-refractivity contribution >= 4 is 11.8 Å². The maximum atomic E-state index is 12.2. The van der Waals surface area contributed by atoms with Gasteiger partial charge in [-0.2, -0.15) is 8.78 Å². The fourth-order valence-electron chi connectivity index (χ4n) is 2.44. The normalized spacial score (nSPS) is 23.9. The van der Waals surface area contributed by atoms with Gasteiger partial charge in [0.1, 0.15) is 0 Å². The van der Waals surface area contributed by atoms with Gasteiger partial charge in [0.25, 0.3) is 5.91 Å². The highest BCUT2D eigenvalue weighted by atomic mass is 19.3. The van der Waals surface area contributed by atoms with Gasteiger partial charge in [-0.05, 0) is 18.3 Å². The highest BCUT2D eigenvalue weighted by Crippen LogP contribution is 2.37. The quantitative estimate of drug-likeness (QED) is 0.710. The lowest BCUT2D eigenvalue weighted by atomic mass is 9.77. The number of halogens is 2. The first kappa shape index (κ1) is 11.3. The third-order valence-corrected chi connectivity index (χ3v) is 3.52. The molecular weight excluding hydrogens is 218 g/mol. The van der Waals surface area contributed by atoms with Crippen LogP contribution in [0.15, 0.2) is 0 Å². The van der Waals surface area contributed by atoms with Gasteiger partial charge in [-0.15, -0.1) is 0 Å². The maximum absolute atomic E-state index is 12.2. The molecule has 0 atom stereocenters. The second-order valence-corrected chi connectivity index (χ2v) is 4.58. The third kappa shape index (κ3) is 2.01. The average molecular weight is 232 g/mol. The molecule has 0 aromatic heterocycles. The molecule has 90 valence electrons. The molecule has 0 aromatic carbocycles. The molecule has 2 aliphatic heterocycles. The number of piperidine rings is 1. The van der Waals surface area contributed by atoms with Crippen LogP contribution in [-0.2, 0) is 9.59 Å². The van der Waals surface area contributed by atoms with Crippen molar-refractivity contribution in [2.45, 2.75) is 25.7 Å². The standard InChI is InChI=1S/C10H14F2N2O2/c11-8(12)9(16)14-3-1-10(2-4-14)5-7(15)13-6-10/h8H,1-6H2,(H,13,15). The number of carbonyl (C=O) groups is 2. The molecule has 2 rings (SSSR count). The number of likely N-dealkylation sites (tertiary alicyclic amines) is 1. The summed E-state index contributed by atoms with van der Waals surface area (Å²) in [6.45, 7) is 1.28. The summed E-state index contributed by atoms with van der Waals surface area (Å²) in [5, 5.41) is 2.76. The topological polar surface area (TPSA) is 49.4 Å². The van der Waals surface area contributed by atoms with Crippen molar-refractivity contribution in [2.24, 2.45) is 5.41 Å². The second kappa shape index (κ2) is 3.99. The summed E-state index contributed by atoms with van der Waals surface area (Å²) in [6, 6.07) is 0. The monoisotopic (exact) mass is 232 g/mol. The molecule has 0 aliphatic carbocycles. The minimum Gasteiger partial charge on any atom is -0.356 e. The summed E-state index contributed by atoms with van der Waals surface area (Å²) >= 11 is 0. The van der Waals surface area contributed by atoms with E-state index >= 15 is 0 Å². The zero-order chi connectivity index (χ0) is 11.8. The van der Waals surface area contributed by atoms with Crippen molar-refractivity contribution in [3.8, 4) is 0 Å². The van der Waals surface area contributed by atoms with Crippen LogP contribution in [0.25, 0.3) is 0 Å². The minimum atomic E-state index is -2.92. The van der Waals surface area contributed by atoms with E-state index in [1.165, 1.54) is 4.90 Å². The number of amides is 2. The molecule has 2 aliphatic rings. The van der Waals surface area contributed by atoms with Crippen LogP contribution >= 0.6 is 0 Å². The number of carbonyl (C=O) groups excluding carboxylic acids is 2. The summed E-state index contributed by atoms with van der Waals surface area (Å²) in [4.78, 5) is 23.4. The highest BCUT2D eigenvalue weighted by Gasteiger charge is 2.42. The Labute approximate surface area is 92.0 Å². The molecule has 0 radical (unpaired) electrons. The third-order valence-electron chi connectivity index (χ3n) is 3.52. The summed E-state index contributed by atoms with van der Waals surface area (Å²) in [7, 11) is 0. The number of nitrogens with one attached hydrogen (secondary N) is 1. The fourth-order valence-corrected chi connectivity index (χ4v) is 2.44. The molecule has 1 N–H and O–H groups in total.